The van der Waals surface area contributed by atoms with Crippen molar-refractivity contribution in [2.75, 3.05) is 7.11 Å². The Balaban J connectivity index is 2.45. The average molecular weight is 243 g/mol. The number of nitrogens with zero attached hydrogens (tertiary/aromatic N) is 1. The average Bonchev–Trinajstić information content (AvgIpc) is 2.73. The molecule has 0 unspecified atom stereocenters. The summed E-state index contributed by atoms with van der Waals surface area (Å²) in [6.07, 6.45) is 0.394. The fourth-order valence-corrected chi connectivity index (χ4v) is 2.76. The number of hydrogen-bond donors (Lipinski definition) is 0. The SMILES string of the molecule is COc1c(CC#N)csc1-c1ccc(C)cc1. The van der Waals surface area contributed by atoms with Crippen molar-refractivity contribution < 1.29 is 4.74 Å². The Bertz CT molecular complexity index is 549. The minimum Gasteiger partial charge on any atom is -0.495 e. The molecule has 2 nitrogen and oxygen atoms in total. The van der Waals surface area contributed by atoms with E-state index in [0.717, 1.165) is 21.8 Å². The van der Waals surface area contributed by atoms with Gasteiger partial charge in [-0.15, -0.1) is 11.3 Å². The summed E-state index contributed by atoms with van der Waals surface area (Å²) < 4.78 is 5.41. The largest absolute Gasteiger partial charge is 0.495 e. The molecule has 0 spiro atoms. The Morgan fingerprint density at radius 3 is 2.59 bits per heavy atom. The van der Waals surface area contributed by atoms with E-state index in [1.165, 1.54) is 5.56 Å². The lowest BCUT2D eigenvalue weighted by atomic mass is 10.1. The first-order valence-electron chi connectivity index (χ1n) is 5.34. The van der Waals surface area contributed by atoms with Crippen LogP contribution in [0.5, 0.6) is 5.75 Å². The lowest BCUT2D eigenvalue weighted by Gasteiger charge is -2.05. The van der Waals surface area contributed by atoms with E-state index in [1.807, 2.05) is 5.38 Å². The number of thiophene rings is 1. The van der Waals surface area contributed by atoms with E-state index in [0.29, 0.717) is 6.42 Å². The second kappa shape index (κ2) is 5.03. The van der Waals surface area contributed by atoms with Crippen molar-refractivity contribution in [3.63, 3.8) is 0 Å². The molecule has 2 aromatic rings. The highest BCUT2D eigenvalue weighted by atomic mass is 32.1. The van der Waals surface area contributed by atoms with Gasteiger partial charge in [-0.2, -0.15) is 5.26 Å². The Morgan fingerprint density at radius 1 is 1.29 bits per heavy atom. The van der Waals surface area contributed by atoms with Gasteiger partial charge in [-0.25, -0.2) is 0 Å². The second-order valence-corrected chi connectivity index (χ2v) is 4.70. The zero-order valence-electron chi connectivity index (χ0n) is 9.86. The van der Waals surface area contributed by atoms with Crippen molar-refractivity contribution in [3.05, 3.63) is 40.8 Å². The summed E-state index contributed by atoms with van der Waals surface area (Å²) in [6, 6.07) is 10.5. The van der Waals surface area contributed by atoms with Crippen molar-refractivity contribution in [3.8, 4) is 22.3 Å². The molecule has 17 heavy (non-hydrogen) atoms. The monoisotopic (exact) mass is 243 g/mol. The number of nitriles is 1. The van der Waals surface area contributed by atoms with E-state index in [-0.39, 0.29) is 0 Å². The Morgan fingerprint density at radius 2 is 2.00 bits per heavy atom. The quantitative estimate of drug-likeness (QED) is 0.821. The van der Waals surface area contributed by atoms with Gasteiger partial charge in [0, 0.05) is 5.56 Å². The third-order valence-corrected chi connectivity index (χ3v) is 3.66. The van der Waals surface area contributed by atoms with Gasteiger partial charge in [0.25, 0.3) is 0 Å². The smallest absolute Gasteiger partial charge is 0.141 e. The van der Waals surface area contributed by atoms with Crippen molar-refractivity contribution >= 4 is 11.3 Å². The molecule has 0 amide bonds. The van der Waals surface area contributed by atoms with Gasteiger partial charge in [0.05, 0.1) is 24.5 Å². The molecule has 0 fully saturated rings. The minimum absolute atomic E-state index is 0.394. The fraction of sp³-hybridized carbons (Fsp3) is 0.214. The van der Waals surface area contributed by atoms with Gasteiger partial charge >= 0.3 is 0 Å². The van der Waals surface area contributed by atoms with E-state index in [4.69, 9.17) is 10.00 Å². The molecule has 0 saturated heterocycles. The number of rotatable bonds is 3. The summed E-state index contributed by atoms with van der Waals surface area (Å²) in [5, 5.41) is 10.8. The second-order valence-electron chi connectivity index (χ2n) is 3.82. The molecule has 1 heterocycles. The fourth-order valence-electron chi connectivity index (χ4n) is 1.72. The highest BCUT2D eigenvalue weighted by Gasteiger charge is 2.13. The maximum absolute atomic E-state index is 8.75. The molecule has 0 radical (unpaired) electrons. The first-order valence-corrected chi connectivity index (χ1v) is 6.22. The van der Waals surface area contributed by atoms with Gasteiger partial charge in [-0.1, -0.05) is 29.8 Å². The number of benzene rings is 1. The maximum atomic E-state index is 8.75. The Hall–Kier alpha value is -1.79. The van der Waals surface area contributed by atoms with Gasteiger partial charge in [0.1, 0.15) is 5.75 Å². The van der Waals surface area contributed by atoms with E-state index in [2.05, 4.69) is 37.3 Å². The summed E-state index contributed by atoms with van der Waals surface area (Å²) in [7, 11) is 1.65. The van der Waals surface area contributed by atoms with E-state index in [9.17, 15) is 0 Å². The number of ether oxygens (including phenoxy) is 1. The third kappa shape index (κ3) is 2.32. The summed E-state index contributed by atoms with van der Waals surface area (Å²) in [4.78, 5) is 1.10. The topological polar surface area (TPSA) is 33.0 Å². The first kappa shape index (κ1) is 11.7. The zero-order valence-corrected chi connectivity index (χ0v) is 10.7. The Kier molecular flexibility index (Phi) is 3.46. The van der Waals surface area contributed by atoms with Crippen LogP contribution in [-0.4, -0.2) is 7.11 Å². The maximum Gasteiger partial charge on any atom is 0.141 e. The molecule has 0 aliphatic carbocycles. The molecule has 0 aliphatic heterocycles. The van der Waals surface area contributed by atoms with E-state index < -0.39 is 0 Å². The molecule has 0 aliphatic rings. The molecule has 0 atom stereocenters. The van der Waals surface area contributed by atoms with Crippen LogP contribution in [0.2, 0.25) is 0 Å². The zero-order chi connectivity index (χ0) is 12.3. The lowest BCUT2D eigenvalue weighted by molar-refractivity contribution is 0.414. The van der Waals surface area contributed by atoms with Crippen molar-refractivity contribution in [2.45, 2.75) is 13.3 Å². The minimum atomic E-state index is 0.394. The first-order chi connectivity index (χ1) is 8.26. The van der Waals surface area contributed by atoms with Crippen LogP contribution in [0.4, 0.5) is 0 Å². The van der Waals surface area contributed by atoms with Crippen LogP contribution >= 0.6 is 11.3 Å². The summed E-state index contributed by atoms with van der Waals surface area (Å²) in [5.74, 6) is 0.834. The van der Waals surface area contributed by atoms with Crippen LogP contribution in [0.15, 0.2) is 29.6 Å². The van der Waals surface area contributed by atoms with Crippen LogP contribution in [0.3, 0.4) is 0 Å². The van der Waals surface area contributed by atoms with Crippen molar-refractivity contribution in [2.24, 2.45) is 0 Å². The normalized spacial score (nSPS) is 9.94. The summed E-state index contributed by atoms with van der Waals surface area (Å²) in [5.41, 5.74) is 3.35. The molecular weight excluding hydrogens is 230 g/mol. The van der Waals surface area contributed by atoms with Gasteiger partial charge in [-0.05, 0) is 17.9 Å². The predicted octanol–water partition coefficient (Wildman–Crippen LogP) is 3.80. The summed E-state index contributed by atoms with van der Waals surface area (Å²) in [6.45, 7) is 2.07. The highest BCUT2D eigenvalue weighted by Crippen LogP contribution is 2.39. The van der Waals surface area contributed by atoms with Crippen LogP contribution in [-0.2, 0) is 6.42 Å². The number of hydrogen-bond acceptors (Lipinski definition) is 3. The standard InChI is InChI=1S/C14H13NOS/c1-10-3-5-11(6-4-10)14-13(16-2)12(7-8-15)9-17-14/h3-6,9H,7H2,1-2H3. The molecule has 2 rings (SSSR count). The molecule has 1 aromatic heterocycles. The summed E-state index contributed by atoms with van der Waals surface area (Å²) >= 11 is 1.62. The van der Waals surface area contributed by atoms with Crippen LogP contribution < -0.4 is 4.74 Å². The highest BCUT2D eigenvalue weighted by molar-refractivity contribution is 7.14. The van der Waals surface area contributed by atoms with Crippen molar-refractivity contribution in [1.82, 2.24) is 0 Å². The van der Waals surface area contributed by atoms with Gasteiger partial charge < -0.3 is 4.74 Å². The molecule has 86 valence electrons. The molecule has 1 aromatic carbocycles. The molecule has 3 heteroatoms. The lowest BCUT2D eigenvalue weighted by Crippen LogP contribution is -1.88. The van der Waals surface area contributed by atoms with Crippen molar-refractivity contribution in [1.29, 1.82) is 5.26 Å². The molecule has 0 N–H and O–H groups in total. The molecule has 0 saturated carbocycles. The van der Waals surface area contributed by atoms with Crippen LogP contribution in [0.1, 0.15) is 11.1 Å². The molecular formula is C14H13NOS. The van der Waals surface area contributed by atoms with Gasteiger partial charge in [-0.3, -0.25) is 0 Å². The Labute approximate surface area is 105 Å². The van der Waals surface area contributed by atoms with Crippen LogP contribution in [0.25, 0.3) is 10.4 Å². The predicted molar refractivity (Wildman–Crippen MR) is 70.4 cm³/mol. The number of aryl methyl sites for hydroxylation is 1. The number of methoxy groups -OCH3 is 1. The third-order valence-electron chi connectivity index (χ3n) is 2.60. The molecule has 0 bridgehead atoms. The van der Waals surface area contributed by atoms with Gasteiger partial charge in [0.2, 0.25) is 0 Å². The van der Waals surface area contributed by atoms with Crippen LogP contribution in [0, 0.1) is 18.3 Å². The van der Waals surface area contributed by atoms with Gasteiger partial charge in [0.15, 0.2) is 0 Å². The van der Waals surface area contributed by atoms with E-state index >= 15 is 0 Å². The van der Waals surface area contributed by atoms with E-state index in [1.54, 1.807) is 18.4 Å².